The van der Waals surface area contributed by atoms with Gasteiger partial charge >= 0.3 is 5.69 Å². The van der Waals surface area contributed by atoms with Crippen LogP contribution in [0.15, 0.2) is 65.6 Å². The van der Waals surface area contributed by atoms with Crippen molar-refractivity contribution in [2.24, 2.45) is 0 Å². The Morgan fingerprint density at radius 1 is 0.976 bits per heavy atom. The lowest BCUT2D eigenvalue weighted by atomic mass is 10.1. The molecule has 1 saturated heterocycles. The summed E-state index contributed by atoms with van der Waals surface area (Å²) in [7, 11) is 1.33. The van der Waals surface area contributed by atoms with Gasteiger partial charge in [-0.1, -0.05) is 6.07 Å². The molecule has 1 aliphatic rings. The van der Waals surface area contributed by atoms with E-state index in [1.807, 2.05) is 6.92 Å². The van der Waals surface area contributed by atoms with E-state index in [0.717, 1.165) is 23.1 Å². The third-order valence-electron chi connectivity index (χ3n) is 5.68. The smallest absolute Gasteiger partial charge is 0.318 e. The zero-order valence-corrected chi connectivity index (χ0v) is 22.9. The van der Waals surface area contributed by atoms with Crippen LogP contribution < -0.4 is 19.5 Å². The first-order chi connectivity index (χ1) is 20.1. The number of imide groups is 1. The van der Waals surface area contributed by atoms with Gasteiger partial charge in [-0.25, -0.2) is 0 Å². The second-order valence-electron chi connectivity index (χ2n) is 8.45. The van der Waals surface area contributed by atoms with Crippen LogP contribution in [0.2, 0.25) is 0 Å². The van der Waals surface area contributed by atoms with Crippen LogP contribution in [0.1, 0.15) is 12.5 Å². The molecule has 1 heterocycles. The Balaban J connectivity index is 1.47. The molecule has 14 nitrogen and oxygen atoms in total. The van der Waals surface area contributed by atoms with Crippen LogP contribution in [-0.2, 0) is 9.59 Å². The minimum Gasteiger partial charge on any atom is -0.494 e. The molecule has 1 fully saturated rings. The molecule has 0 bridgehead atoms. The minimum atomic E-state index is -0.808. The van der Waals surface area contributed by atoms with Gasteiger partial charge in [-0.2, -0.15) is 0 Å². The van der Waals surface area contributed by atoms with Crippen LogP contribution in [-0.4, -0.2) is 52.1 Å². The average Bonchev–Trinajstić information content (AvgIpc) is 3.22. The van der Waals surface area contributed by atoms with Crippen molar-refractivity contribution in [3.63, 3.8) is 0 Å². The maximum Gasteiger partial charge on any atom is 0.318 e. The van der Waals surface area contributed by atoms with E-state index < -0.39 is 44.8 Å². The largest absolute Gasteiger partial charge is 0.494 e. The van der Waals surface area contributed by atoms with Gasteiger partial charge in [0.1, 0.15) is 12.3 Å². The van der Waals surface area contributed by atoms with Crippen molar-refractivity contribution < 1.29 is 38.4 Å². The van der Waals surface area contributed by atoms with E-state index >= 15 is 0 Å². The van der Waals surface area contributed by atoms with Crippen molar-refractivity contribution in [3.8, 4) is 23.0 Å². The second-order valence-corrected chi connectivity index (χ2v) is 9.45. The molecule has 3 aromatic rings. The number of benzene rings is 3. The Hall–Kier alpha value is -5.44. The minimum absolute atomic E-state index is 0.0608. The summed E-state index contributed by atoms with van der Waals surface area (Å²) in [5, 5.41) is 24.4. The molecule has 0 saturated carbocycles. The van der Waals surface area contributed by atoms with E-state index in [1.165, 1.54) is 31.4 Å². The van der Waals surface area contributed by atoms with Crippen molar-refractivity contribution in [3.05, 3.63) is 91.4 Å². The zero-order chi connectivity index (χ0) is 30.4. The summed E-state index contributed by atoms with van der Waals surface area (Å²) in [4.78, 5) is 59.7. The number of hydrogen-bond acceptors (Lipinski definition) is 11. The first-order valence-electron chi connectivity index (χ1n) is 12.2. The van der Waals surface area contributed by atoms with Crippen molar-refractivity contribution in [1.29, 1.82) is 0 Å². The van der Waals surface area contributed by atoms with Crippen molar-refractivity contribution in [2.45, 2.75) is 6.92 Å². The van der Waals surface area contributed by atoms with E-state index in [4.69, 9.17) is 14.2 Å². The fourth-order valence-electron chi connectivity index (χ4n) is 3.76. The molecule has 0 spiro atoms. The lowest BCUT2D eigenvalue weighted by molar-refractivity contribution is -0.394. The Labute approximate surface area is 242 Å². The Morgan fingerprint density at radius 2 is 1.69 bits per heavy atom. The molecule has 3 amide bonds. The molecule has 3 aromatic carbocycles. The summed E-state index contributed by atoms with van der Waals surface area (Å²) >= 11 is 0.661. The van der Waals surface area contributed by atoms with Crippen LogP contribution >= 0.6 is 11.8 Å². The number of thioether (sulfide) groups is 1. The summed E-state index contributed by atoms with van der Waals surface area (Å²) < 4.78 is 16.3. The highest BCUT2D eigenvalue weighted by molar-refractivity contribution is 8.18. The average molecular weight is 595 g/mol. The summed E-state index contributed by atoms with van der Waals surface area (Å²) in [6.07, 6.45) is 1.43. The molecule has 0 unspecified atom stereocenters. The third kappa shape index (κ3) is 6.82. The lowest BCUT2D eigenvalue weighted by Gasteiger charge is -2.13. The second kappa shape index (κ2) is 12.8. The monoisotopic (exact) mass is 594 g/mol. The van der Waals surface area contributed by atoms with Gasteiger partial charge in [-0.05, 0) is 72.8 Å². The van der Waals surface area contributed by atoms with Crippen LogP contribution in [0.5, 0.6) is 23.0 Å². The number of anilines is 1. The highest BCUT2D eigenvalue weighted by Crippen LogP contribution is 2.39. The molecule has 1 aliphatic heterocycles. The molecule has 0 aromatic heterocycles. The molecule has 0 aliphatic carbocycles. The van der Waals surface area contributed by atoms with E-state index in [-0.39, 0.29) is 22.2 Å². The number of carbonyl (C=O) groups is 3. The van der Waals surface area contributed by atoms with E-state index in [9.17, 15) is 34.6 Å². The predicted molar refractivity (Wildman–Crippen MR) is 152 cm³/mol. The number of rotatable bonds is 11. The Kier molecular flexibility index (Phi) is 9.02. The number of methoxy groups -OCH3 is 1. The number of ether oxygens (including phenoxy) is 3. The first kappa shape index (κ1) is 29.5. The first-order valence-corrected chi connectivity index (χ1v) is 13.0. The van der Waals surface area contributed by atoms with Gasteiger partial charge < -0.3 is 19.5 Å². The molecule has 0 atom stereocenters. The number of nitrogens with one attached hydrogen (secondary N) is 1. The number of hydrogen-bond donors (Lipinski definition) is 1. The molecule has 1 N–H and O–H groups in total. The summed E-state index contributed by atoms with van der Waals surface area (Å²) in [6.45, 7) is 1.86. The van der Waals surface area contributed by atoms with E-state index in [0.29, 0.717) is 35.4 Å². The number of amides is 3. The Morgan fingerprint density at radius 3 is 2.33 bits per heavy atom. The zero-order valence-electron chi connectivity index (χ0n) is 22.1. The highest BCUT2D eigenvalue weighted by Gasteiger charge is 2.36. The summed E-state index contributed by atoms with van der Waals surface area (Å²) in [6, 6.07) is 14.0. The SMILES string of the molecule is CCOc1ccc(NC(=O)CN2C(=O)S/C(=C/c3ccc(Oc4ccc([N+](=O)[O-])cc4[N+](=O)[O-])c(OC)c3)C2=O)cc1. The molecular weight excluding hydrogens is 572 g/mol. The quantitative estimate of drug-likeness (QED) is 0.171. The standard InChI is InChI=1S/C27H22N4O10S/c1-3-40-19-8-5-17(6-9-19)28-25(32)15-29-26(33)24(42-27(29)34)13-16-4-10-22(23(12-16)39-2)41-21-11-7-18(30(35)36)14-20(21)31(37)38/h4-14H,3,15H2,1-2H3,(H,28,32)/b24-13+. The van der Waals surface area contributed by atoms with Crippen molar-refractivity contribution in [1.82, 2.24) is 4.90 Å². The van der Waals surface area contributed by atoms with Gasteiger partial charge in [0.05, 0.1) is 34.5 Å². The maximum atomic E-state index is 12.9. The van der Waals surface area contributed by atoms with Gasteiger partial charge in [-0.15, -0.1) is 0 Å². The number of non-ortho nitro benzene ring substituents is 1. The summed E-state index contributed by atoms with van der Waals surface area (Å²) in [5.41, 5.74) is -0.185. The molecule has 42 heavy (non-hydrogen) atoms. The van der Waals surface area contributed by atoms with Gasteiger partial charge in [0.2, 0.25) is 11.7 Å². The third-order valence-corrected chi connectivity index (χ3v) is 6.59. The van der Waals surface area contributed by atoms with Crippen molar-refractivity contribution in [2.75, 3.05) is 25.6 Å². The molecular formula is C27H22N4O10S. The van der Waals surface area contributed by atoms with E-state index in [1.54, 1.807) is 24.3 Å². The number of carbonyl (C=O) groups excluding carboxylic acids is 3. The van der Waals surface area contributed by atoms with Crippen LogP contribution in [0.25, 0.3) is 6.08 Å². The van der Waals surface area contributed by atoms with E-state index in [2.05, 4.69) is 5.32 Å². The van der Waals surface area contributed by atoms with Gasteiger partial charge in [0, 0.05) is 11.8 Å². The van der Waals surface area contributed by atoms with Crippen LogP contribution in [0.4, 0.5) is 21.9 Å². The van der Waals surface area contributed by atoms with Gasteiger partial charge in [0.25, 0.3) is 16.8 Å². The number of nitro groups is 2. The van der Waals surface area contributed by atoms with Crippen LogP contribution in [0, 0.1) is 20.2 Å². The maximum absolute atomic E-state index is 12.9. The van der Waals surface area contributed by atoms with Gasteiger partial charge in [0.15, 0.2) is 11.5 Å². The van der Waals surface area contributed by atoms with Crippen LogP contribution in [0.3, 0.4) is 0 Å². The lowest BCUT2D eigenvalue weighted by Crippen LogP contribution is -2.36. The normalized spacial score (nSPS) is 13.7. The highest BCUT2D eigenvalue weighted by atomic mass is 32.2. The Bertz CT molecular complexity index is 1610. The fraction of sp³-hybridized carbons (Fsp3) is 0.148. The van der Waals surface area contributed by atoms with Crippen molar-refractivity contribution >= 4 is 52.0 Å². The number of nitro benzene ring substituents is 2. The topological polar surface area (TPSA) is 180 Å². The molecule has 216 valence electrons. The molecule has 0 radical (unpaired) electrons. The number of nitrogens with zero attached hydrogens (tertiary/aromatic N) is 3. The molecule has 4 rings (SSSR count). The fourth-order valence-corrected chi connectivity index (χ4v) is 4.60. The summed E-state index contributed by atoms with van der Waals surface area (Å²) in [5.74, 6) is -0.647. The predicted octanol–water partition coefficient (Wildman–Crippen LogP) is 5.38. The molecule has 15 heteroatoms. The van der Waals surface area contributed by atoms with Gasteiger partial charge in [-0.3, -0.25) is 39.5 Å².